The van der Waals surface area contributed by atoms with Gasteiger partial charge >= 0.3 is 0 Å². The van der Waals surface area contributed by atoms with Gasteiger partial charge in [0.25, 0.3) is 0 Å². The van der Waals surface area contributed by atoms with E-state index in [0.717, 1.165) is 0 Å². The minimum Gasteiger partial charge on any atom is -0.0622 e. The van der Waals surface area contributed by atoms with E-state index in [1.165, 1.54) is 153 Å². The molecule has 0 aromatic heterocycles. The molecule has 0 nitrogen and oxygen atoms in total. The van der Waals surface area contributed by atoms with Gasteiger partial charge in [-0.3, -0.25) is 0 Å². The molecule has 15 rings (SSSR count). The van der Waals surface area contributed by atoms with E-state index in [1.54, 1.807) is 0 Å². The minimum atomic E-state index is 1.21. The lowest BCUT2D eigenvalue weighted by Crippen LogP contribution is -1.92. The fraction of sp³-hybridized carbons (Fsp3) is 0. The third-order valence-electron chi connectivity index (χ3n) is 15.1. The van der Waals surface area contributed by atoms with Crippen LogP contribution in [0.15, 0.2) is 243 Å². The average Bonchev–Trinajstić information content (AvgIpc) is 3.92. The second-order valence-corrected chi connectivity index (χ2v) is 18.5. The van der Waals surface area contributed by atoms with Crippen molar-refractivity contribution in [1.82, 2.24) is 0 Å². The van der Waals surface area contributed by atoms with E-state index in [9.17, 15) is 0 Å². The molecule has 15 aromatic rings. The molecule has 0 saturated heterocycles. The van der Waals surface area contributed by atoms with Crippen LogP contribution in [0, 0.1) is 0 Å². The molecule has 0 unspecified atom stereocenters. The van der Waals surface area contributed by atoms with Gasteiger partial charge in [0.2, 0.25) is 0 Å². The van der Waals surface area contributed by atoms with Crippen LogP contribution in [0.2, 0.25) is 0 Å². The second-order valence-electron chi connectivity index (χ2n) is 18.5. The molecule has 0 aliphatic carbocycles. The first-order valence-electron chi connectivity index (χ1n) is 23.8. The maximum Gasteiger partial charge on any atom is -0.000719 e. The lowest BCUT2D eigenvalue weighted by atomic mass is 9.84. The lowest BCUT2D eigenvalue weighted by molar-refractivity contribution is 1.64. The highest BCUT2D eigenvalue weighted by Crippen LogP contribution is 2.55. The molecule has 0 spiro atoms. The Balaban J connectivity index is 1.10. The lowest BCUT2D eigenvalue weighted by Gasteiger charge is -2.19. The summed E-state index contributed by atoms with van der Waals surface area (Å²) in [6.45, 7) is 0. The Morgan fingerprint density at radius 1 is 0.147 bits per heavy atom. The average molecular weight is 857 g/mol. The van der Waals surface area contributed by atoms with E-state index in [0.29, 0.717) is 0 Å². The molecule has 0 bridgehead atoms. The Bertz CT molecular complexity index is 4490. The van der Waals surface area contributed by atoms with Gasteiger partial charge in [-0.2, -0.15) is 0 Å². The van der Waals surface area contributed by atoms with Crippen molar-refractivity contribution >= 4 is 97.0 Å². The number of rotatable bonds is 5. The van der Waals surface area contributed by atoms with E-state index in [1.807, 2.05) is 0 Å². The van der Waals surface area contributed by atoms with Gasteiger partial charge < -0.3 is 0 Å². The van der Waals surface area contributed by atoms with Gasteiger partial charge in [-0.1, -0.05) is 231 Å². The first kappa shape index (κ1) is 37.4. The van der Waals surface area contributed by atoms with Crippen LogP contribution in [-0.2, 0) is 0 Å². The SMILES string of the molecule is c1ccc(-c2c3ccccc3c(-c3ccccc3)c3cc(-c4ccc5c6c(-c7ccccc7)c7cc8c9ccccc9c9cccc(c7c(-c7ccccc7)c6c6cccc4c56)c98)ccc23)cc1. The Morgan fingerprint density at radius 3 is 1.16 bits per heavy atom. The second kappa shape index (κ2) is 14.3. The summed E-state index contributed by atoms with van der Waals surface area (Å²) in [5, 5.41) is 23.4. The molecule has 0 aliphatic rings. The van der Waals surface area contributed by atoms with E-state index in [4.69, 9.17) is 0 Å². The first-order valence-corrected chi connectivity index (χ1v) is 23.8. The smallest absolute Gasteiger partial charge is 0.000719 e. The van der Waals surface area contributed by atoms with Crippen molar-refractivity contribution in [1.29, 1.82) is 0 Å². The monoisotopic (exact) mass is 856 g/mol. The van der Waals surface area contributed by atoms with E-state index >= 15 is 0 Å². The predicted molar refractivity (Wildman–Crippen MR) is 294 cm³/mol. The summed E-state index contributed by atoms with van der Waals surface area (Å²) in [4.78, 5) is 0. The zero-order valence-electron chi connectivity index (χ0n) is 37.1. The summed E-state index contributed by atoms with van der Waals surface area (Å²) >= 11 is 0. The van der Waals surface area contributed by atoms with Gasteiger partial charge in [-0.25, -0.2) is 0 Å². The van der Waals surface area contributed by atoms with Gasteiger partial charge in [0.05, 0.1) is 0 Å². The van der Waals surface area contributed by atoms with Crippen molar-refractivity contribution in [3.63, 3.8) is 0 Å². The van der Waals surface area contributed by atoms with Crippen molar-refractivity contribution in [2.24, 2.45) is 0 Å². The maximum absolute atomic E-state index is 2.53. The van der Waals surface area contributed by atoms with Gasteiger partial charge in [0.15, 0.2) is 0 Å². The molecular weight excluding hydrogens is 817 g/mol. The standard InChI is InChI=1S/C68H40/c1-5-19-41(20-6-1)60-51-29-15-16-30-52(51)61(42-21-7-2-8-22-42)57-39-45(35-36-53(57)60)46-37-38-56-64-49(46)31-17-34-55(64)68-63(44-25-11-4-12-26-44)66-54-33-18-32-50-47-27-13-14-28-48(47)58(65(50)54)40-59(66)62(67(56)68)43-23-9-3-10-24-43/h1-40H. The van der Waals surface area contributed by atoms with Crippen LogP contribution in [0.3, 0.4) is 0 Å². The van der Waals surface area contributed by atoms with Crippen LogP contribution in [0.1, 0.15) is 0 Å². The maximum atomic E-state index is 2.53. The Hall–Kier alpha value is -8.84. The quantitative estimate of drug-likeness (QED) is 0.119. The Kier molecular flexibility index (Phi) is 7.88. The third kappa shape index (κ3) is 5.15. The van der Waals surface area contributed by atoms with Crippen molar-refractivity contribution < 1.29 is 0 Å². The topological polar surface area (TPSA) is 0 Å². The molecule has 0 heterocycles. The number of benzene rings is 13. The van der Waals surface area contributed by atoms with Gasteiger partial charge in [-0.15, -0.1) is 0 Å². The molecule has 0 amide bonds. The number of fused-ring (bicyclic) bond motifs is 10. The molecule has 15 aromatic carbocycles. The molecule has 0 heteroatoms. The molecule has 0 fully saturated rings. The molecule has 312 valence electrons. The molecule has 0 atom stereocenters. The largest absolute Gasteiger partial charge is 0.0622 e. The molecule has 0 radical (unpaired) electrons. The number of hydrogen-bond donors (Lipinski definition) is 0. The van der Waals surface area contributed by atoms with Crippen LogP contribution in [0.25, 0.3) is 153 Å². The highest BCUT2D eigenvalue weighted by Gasteiger charge is 2.27. The fourth-order valence-corrected chi connectivity index (χ4v) is 12.4. The Labute approximate surface area is 393 Å². The fourth-order valence-electron chi connectivity index (χ4n) is 12.4. The summed E-state index contributed by atoms with van der Waals surface area (Å²) < 4.78 is 0. The van der Waals surface area contributed by atoms with Gasteiger partial charge in [-0.05, 0) is 165 Å². The van der Waals surface area contributed by atoms with Crippen LogP contribution < -0.4 is 0 Å². The van der Waals surface area contributed by atoms with Gasteiger partial charge in [0, 0.05) is 0 Å². The number of hydrogen-bond acceptors (Lipinski definition) is 0. The van der Waals surface area contributed by atoms with Gasteiger partial charge in [0.1, 0.15) is 0 Å². The summed E-state index contributed by atoms with van der Waals surface area (Å²) in [6.07, 6.45) is 0. The molecule has 68 heavy (non-hydrogen) atoms. The molecule has 0 saturated carbocycles. The zero-order valence-corrected chi connectivity index (χ0v) is 37.1. The van der Waals surface area contributed by atoms with Crippen LogP contribution in [0.5, 0.6) is 0 Å². The van der Waals surface area contributed by atoms with Crippen molar-refractivity contribution in [2.75, 3.05) is 0 Å². The van der Waals surface area contributed by atoms with Crippen LogP contribution in [-0.4, -0.2) is 0 Å². The first-order chi connectivity index (χ1) is 33.8. The normalized spacial score (nSPS) is 12.1. The highest BCUT2D eigenvalue weighted by atomic mass is 14.3. The zero-order chi connectivity index (χ0) is 44.5. The van der Waals surface area contributed by atoms with Crippen molar-refractivity contribution in [3.05, 3.63) is 243 Å². The van der Waals surface area contributed by atoms with Crippen molar-refractivity contribution in [2.45, 2.75) is 0 Å². The highest BCUT2D eigenvalue weighted by molar-refractivity contribution is 6.45. The van der Waals surface area contributed by atoms with Crippen LogP contribution in [0.4, 0.5) is 0 Å². The van der Waals surface area contributed by atoms with Crippen LogP contribution >= 0.6 is 0 Å². The minimum absolute atomic E-state index is 1.21. The summed E-state index contributed by atoms with van der Waals surface area (Å²) in [5.41, 5.74) is 12.5. The molecule has 0 N–H and O–H groups in total. The van der Waals surface area contributed by atoms with E-state index < -0.39 is 0 Å². The van der Waals surface area contributed by atoms with E-state index in [2.05, 4.69) is 243 Å². The molecular formula is C68H40. The summed E-state index contributed by atoms with van der Waals surface area (Å²) in [7, 11) is 0. The molecule has 0 aliphatic heterocycles. The summed E-state index contributed by atoms with van der Waals surface area (Å²) in [5.74, 6) is 0. The van der Waals surface area contributed by atoms with E-state index in [-0.39, 0.29) is 0 Å². The predicted octanol–water partition coefficient (Wildman–Crippen LogP) is 19.3. The third-order valence-corrected chi connectivity index (χ3v) is 15.1. The Morgan fingerprint density at radius 2 is 0.544 bits per heavy atom. The van der Waals surface area contributed by atoms with Crippen molar-refractivity contribution in [3.8, 4) is 55.6 Å². The summed E-state index contributed by atoms with van der Waals surface area (Å²) in [6, 6.07) is 90.8.